The Hall–Kier alpha value is 0.613. The van der Waals surface area contributed by atoms with Crippen molar-refractivity contribution in [2.45, 2.75) is 0 Å². The van der Waals surface area contributed by atoms with E-state index in [1.807, 2.05) is 24.3 Å². The van der Waals surface area contributed by atoms with Crippen molar-refractivity contribution in [2.75, 3.05) is 0 Å². The Bertz CT molecular complexity index is 143. The second-order valence-electron chi connectivity index (χ2n) is 1.22. The normalized spacial score (nSPS) is 6.78. The van der Waals surface area contributed by atoms with Crippen LogP contribution < -0.4 is 12.4 Å². The summed E-state index contributed by atoms with van der Waals surface area (Å²) < 4.78 is 1.08. The summed E-state index contributed by atoms with van der Waals surface area (Å²) in [5, 5.41) is 0. The van der Waals surface area contributed by atoms with Crippen molar-refractivity contribution in [1.82, 2.24) is 0 Å². The van der Waals surface area contributed by atoms with Gasteiger partial charge < -0.3 is 12.4 Å². The fraction of sp³-hybridized carbons (Fsp3) is 0. The van der Waals surface area contributed by atoms with Gasteiger partial charge in [0, 0.05) is 24.0 Å². The third-order valence-corrected chi connectivity index (χ3v) is 1.16. The molecular weight excluding hydrogens is 253 g/mol. The van der Waals surface area contributed by atoms with E-state index < -0.39 is 0 Å². The molecule has 0 saturated heterocycles. The molecule has 0 aliphatic heterocycles. The Morgan fingerprint density at radius 3 is 2.33 bits per heavy atom. The summed E-state index contributed by atoms with van der Waals surface area (Å²) in [6.45, 7) is 0. The van der Waals surface area contributed by atoms with E-state index in [0.29, 0.717) is 0 Å². The summed E-state index contributed by atoms with van der Waals surface area (Å²) in [5.41, 5.74) is 0. The van der Waals surface area contributed by atoms with Gasteiger partial charge >= 0.3 is 0 Å². The zero-order chi connectivity index (χ0) is 5.11. The Kier molecular flexibility index (Phi) is 9.20. The van der Waals surface area contributed by atoms with Crippen molar-refractivity contribution in [1.29, 1.82) is 0 Å². The molecule has 1 aromatic rings. The van der Waals surface area contributed by atoms with Crippen LogP contribution in [0.1, 0.15) is 0 Å². The maximum atomic E-state index is 3.28. The van der Waals surface area contributed by atoms with E-state index in [9.17, 15) is 0 Å². The molecular formula is C6H4BrClZn-. The molecule has 0 bridgehead atoms. The molecule has 1 rings (SSSR count). The maximum Gasteiger partial charge on any atom is 0.0181 e. The largest absolute Gasteiger partial charge is 1.00 e. The summed E-state index contributed by atoms with van der Waals surface area (Å²) in [6, 6.07) is 10.6. The molecule has 0 aromatic heterocycles. The van der Waals surface area contributed by atoms with Gasteiger partial charge in [0.15, 0.2) is 0 Å². The molecule has 1 aromatic carbocycles. The van der Waals surface area contributed by atoms with Crippen LogP contribution in [0.25, 0.3) is 0 Å². The average Bonchev–Trinajstić information content (AvgIpc) is 1.69. The van der Waals surface area contributed by atoms with Gasteiger partial charge in [-0.3, -0.25) is 0 Å². The maximum absolute atomic E-state index is 3.28. The fourth-order valence-electron chi connectivity index (χ4n) is 0.371. The molecule has 45 valence electrons. The van der Waals surface area contributed by atoms with Gasteiger partial charge in [0.1, 0.15) is 0 Å². The molecule has 9 heavy (non-hydrogen) atoms. The molecule has 0 heterocycles. The monoisotopic (exact) mass is 254 g/mol. The number of benzene rings is 1. The smallest absolute Gasteiger partial charge is 0.0181 e. The van der Waals surface area contributed by atoms with Gasteiger partial charge in [0.05, 0.1) is 0 Å². The summed E-state index contributed by atoms with van der Waals surface area (Å²) >= 11 is 3.28. The second kappa shape index (κ2) is 6.73. The summed E-state index contributed by atoms with van der Waals surface area (Å²) in [4.78, 5) is 0. The Labute approximate surface area is 82.3 Å². The van der Waals surface area contributed by atoms with Crippen LogP contribution in [-0.4, -0.2) is 0 Å². The van der Waals surface area contributed by atoms with E-state index in [0.717, 1.165) is 4.47 Å². The minimum atomic E-state index is 0. The van der Waals surface area contributed by atoms with Gasteiger partial charge in [0.2, 0.25) is 0 Å². The first kappa shape index (κ1) is 12.3. The summed E-state index contributed by atoms with van der Waals surface area (Å²) in [7, 11) is 0. The quantitative estimate of drug-likeness (QED) is 0.536. The third-order valence-electron chi connectivity index (χ3n) is 0.669. The van der Waals surface area contributed by atoms with Gasteiger partial charge in [0.25, 0.3) is 0 Å². The topological polar surface area (TPSA) is 0 Å². The van der Waals surface area contributed by atoms with Crippen LogP contribution >= 0.6 is 15.9 Å². The van der Waals surface area contributed by atoms with E-state index >= 15 is 0 Å². The number of rotatable bonds is 0. The van der Waals surface area contributed by atoms with Crippen molar-refractivity contribution in [3.8, 4) is 0 Å². The van der Waals surface area contributed by atoms with Crippen molar-refractivity contribution in [2.24, 2.45) is 0 Å². The van der Waals surface area contributed by atoms with Gasteiger partial charge in [-0.05, 0) is 18.2 Å². The van der Waals surface area contributed by atoms with Crippen LogP contribution in [0, 0.1) is 6.07 Å². The first-order valence-corrected chi connectivity index (χ1v) is 2.80. The van der Waals surface area contributed by atoms with Gasteiger partial charge in [-0.2, -0.15) is 0 Å². The van der Waals surface area contributed by atoms with E-state index in [-0.39, 0.29) is 31.9 Å². The molecule has 0 N–H and O–H groups in total. The van der Waals surface area contributed by atoms with E-state index in [1.165, 1.54) is 0 Å². The molecule has 0 fully saturated rings. The molecule has 3 heteroatoms. The van der Waals surface area contributed by atoms with Crippen molar-refractivity contribution < 1.29 is 31.9 Å². The molecule has 0 amide bonds. The van der Waals surface area contributed by atoms with Gasteiger partial charge in [-0.25, -0.2) is 0 Å². The van der Waals surface area contributed by atoms with Crippen LogP contribution in [0.2, 0.25) is 0 Å². The SMILES string of the molecule is Brc1c[c]ccc1.[Cl-].[Zn]. The van der Waals surface area contributed by atoms with Crippen LogP contribution in [0.15, 0.2) is 28.7 Å². The molecule has 0 nitrogen and oxygen atoms in total. The number of halogens is 2. The Morgan fingerprint density at radius 2 is 2.11 bits per heavy atom. The summed E-state index contributed by atoms with van der Waals surface area (Å²) in [5.74, 6) is 0. The minimum absolute atomic E-state index is 0. The zero-order valence-corrected chi connectivity index (χ0v) is 10.1. The molecule has 0 spiro atoms. The summed E-state index contributed by atoms with van der Waals surface area (Å²) in [6.07, 6.45) is 0. The van der Waals surface area contributed by atoms with Crippen LogP contribution in [-0.2, 0) is 19.5 Å². The number of hydrogen-bond acceptors (Lipinski definition) is 0. The zero-order valence-electron chi connectivity index (χ0n) is 4.77. The molecule has 0 unspecified atom stereocenters. The van der Waals surface area contributed by atoms with Gasteiger partial charge in [-0.1, -0.05) is 28.1 Å². The molecule has 0 aliphatic carbocycles. The Balaban J connectivity index is 0. The van der Waals surface area contributed by atoms with Gasteiger partial charge in [-0.15, -0.1) is 0 Å². The average molecular weight is 257 g/mol. The molecule has 0 aliphatic rings. The minimum Gasteiger partial charge on any atom is -1.00 e. The predicted molar refractivity (Wildman–Crippen MR) is 33.0 cm³/mol. The predicted octanol–water partition coefficient (Wildman–Crippen LogP) is -0.749. The fourth-order valence-corrected chi connectivity index (χ4v) is 0.656. The van der Waals surface area contributed by atoms with Crippen LogP contribution in [0.5, 0.6) is 0 Å². The third kappa shape index (κ3) is 5.08. The second-order valence-corrected chi connectivity index (χ2v) is 2.14. The van der Waals surface area contributed by atoms with Crippen LogP contribution in [0.3, 0.4) is 0 Å². The van der Waals surface area contributed by atoms with Crippen molar-refractivity contribution in [3.63, 3.8) is 0 Å². The molecule has 0 atom stereocenters. The van der Waals surface area contributed by atoms with E-state index in [4.69, 9.17) is 0 Å². The van der Waals surface area contributed by atoms with Crippen molar-refractivity contribution in [3.05, 3.63) is 34.8 Å². The standard InChI is InChI=1S/C6H4Br.ClH.Zn/c7-6-4-2-1-3-5-6;;/h1-2,4-5H;1H;/p-1. The Morgan fingerprint density at radius 1 is 1.44 bits per heavy atom. The molecule has 1 radical (unpaired) electrons. The van der Waals surface area contributed by atoms with E-state index in [1.54, 1.807) is 0 Å². The van der Waals surface area contributed by atoms with E-state index in [2.05, 4.69) is 22.0 Å². The molecule has 0 saturated carbocycles. The first-order valence-electron chi connectivity index (χ1n) is 2.01. The van der Waals surface area contributed by atoms with Crippen LogP contribution in [0.4, 0.5) is 0 Å². The first-order chi connectivity index (χ1) is 3.39. The van der Waals surface area contributed by atoms with Crippen molar-refractivity contribution >= 4 is 15.9 Å². The number of hydrogen-bond donors (Lipinski definition) is 0.